The molecule has 0 spiro atoms. The Morgan fingerprint density at radius 1 is 1.25 bits per heavy atom. The first-order chi connectivity index (χ1) is 13.4. The number of alkyl carbamates (subject to hydrolysis) is 1. The van der Waals surface area contributed by atoms with E-state index in [1.165, 1.54) is 12.8 Å². The molecular weight excluding hydrogens is 358 g/mol. The fourth-order valence-electron chi connectivity index (χ4n) is 3.16. The lowest BCUT2D eigenvalue weighted by molar-refractivity contribution is 0.0527. The number of carbonyl (C=O) groups is 1. The van der Waals surface area contributed by atoms with Crippen LogP contribution in [0.5, 0.6) is 0 Å². The van der Waals surface area contributed by atoms with Crippen molar-refractivity contribution in [3.05, 3.63) is 24.2 Å². The van der Waals surface area contributed by atoms with Crippen LogP contribution >= 0.6 is 0 Å². The van der Waals surface area contributed by atoms with Crippen molar-refractivity contribution in [2.24, 2.45) is 4.99 Å². The van der Waals surface area contributed by atoms with E-state index in [1.807, 2.05) is 32.9 Å². The van der Waals surface area contributed by atoms with Crippen molar-refractivity contribution in [3.63, 3.8) is 0 Å². The number of aliphatic imine (C=N–C) groups is 1. The first-order valence-electron chi connectivity index (χ1n) is 10.1. The predicted molar refractivity (Wildman–Crippen MR) is 110 cm³/mol. The quantitative estimate of drug-likeness (QED) is 0.357. The van der Waals surface area contributed by atoms with E-state index in [9.17, 15) is 4.79 Å². The number of guanidine groups is 1. The minimum absolute atomic E-state index is 0.199. The molecule has 0 aliphatic carbocycles. The lowest BCUT2D eigenvalue weighted by Crippen LogP contribution is -2.43. The fourth-order valence-corrected chi connectivity index (χ4v) is 3.16. The van der Waals surface area contributed by atoms with Crippen LogP contribution in [0.2, 0.25) is 0 Å². The van der Waals surface area contributed by atoms with E-state index in [0.717, 1.165) is 37.8 Å². The second kappa shape index (κ2) is 10.9. The number of likely N-dealkylation sites (tertiary alicyclic amines) is 1. The molecule has 0 radical (unpaired) electrons. The Morgan fingerprint density at radius 3 is 2.57 bits per heavy atom. The molecule has 1 atom stereocenters. The van der Waals surface area contributed by atoms with E-state index in [-0.39, 0.29) is 12.1 Å². The SMILES string of the molecule is CN=C(NCCCNC(=O)OC(C)(C)C)NCC(c1ccco1)N1CCCC1. The van der Waals surface area contributed by atoms with E-state index in [0.29, 0.717) is 13.1 Å². The molecule has 2 heterocycles. The van der Waals surface area contributed by atoms with Gasteiger partial charge in [0, 0.05) is 26.7 Å². The third kappa shape index (κ3) is 7.80. The summed E-state index contributed by atoms with van der Waals surface area (Å²) < 4.78 is 10.9. The van der Waals surface area contributed by atoms with Gasteiger partial charge in [-0.1, -0.05) is 0 Å². The van der Waals surface area contributed by atoms with Crippen molar-refractivity contribution < 1.29 is 13.9 Å². The van der Waals surface area contributed by atoms with Crippen LogP contribution in [0.15, 0.2) is 27.8 Å². The van der Waals surface area contributed by atoms with Crippen LogP contribution in [0.25, 0.3) is 0 Å². The molecule has 1 fully saturated rings. The molecule has 1 amide bonds. The second-order valence-corrected chi connectivity index (χ2v) is 7.94. The molecule has 0 bridgehead atoms. The molecule has 1 unspecified atom stereocenters. The molecular formula is C20H35N5O3. The summed E-state index contributed by atoms with van der Waals surface area (Å²) in [5.41, 5.74) is -0.478. The van der Waals surface area contributed by atoms with Crippen LogP contribution in [0.4, 0.5) is 4.79 Å². The average Bonchev–Trinajstić information content (AvgIpc) is 3.32. The maximum Gasteiger partial charge on any atom is 0.407 e. The van der Waals surface area contributed by atoms with Crippen molar-refractivity contribution in [1.29, 1.82) is 0 Å². The molecule has 1 saturated heterocycles. The maximum atomic E-state index is 11.6. The van der Waals surface area contributed by atoms with Gasteiger partial charge in [-0.05, 0) is 65.3 Å². The molecule has 1 aromatic rings. The van der Waals surface area contributed by atoms with Crippen LogP contribution in [0.3, 0.4) is 0 Å². The van der Waals surface area contributed by atoms with E-state index >= 15 is 0 Å². The Hall–Kier alpha value is -2.22. The molecule has 1 aromatic heterocycles. The largest absolute Gasteiger partial charge is 0.468 e. The van der Waals surface area contributed by atoms with Crippen molar-refractivity contribution in [2.75, 3.05) is 39.8 Å². The number of carbonyl (C=O) groups excluding carboxylic acids is 1. The van der Waals surface area contributed by atoms with Gasteiger partial charge in [-0.3, -0.25) is 9.89 Å². The zero-order valence-electron chi connectivity index (χ0n) is 17.6. The van der Waals surface area contributed by atoms with Crippen LogP contribution in [-0.2, 0) is 4.74 Å². The highest BCUT2D eigenvalue weighted by molar-refractivity contribution is 5.79. The highest BCUT2D eigenvalue weighted by atomic mass is 16.6. The number of furan rings is 1. The summed E-state index contributed by atoms with van der Waals surface area (Å²) in [7, 11) is 1.76. The number of ether oxygens (including phenoxy) is 1. The van der Waals surface area contributed by atoms with Gasteiger partial charge in [0.15, 0.2) is 5.96 Å². The molecule has 0 aromatic carbocycles. The van der Waals surface area contributed by atoms with Gasteiger partial charge in [-0.15, -0.1) is 0 Å². The Kier molecular flexibility index (Phi) is 8.63. The summed E-state index contributed by atoms with van der Waals surface area (Å²) in [5.74, 6) is 1.72. The summed E-state index contributed by atoms with van der Waals surface area (Å²) in [6, 6.07) is 4.16. The summed E-state index contributed by atoms with van der Waals surface area (Å²) >= 11 is 0. The Bertz CT molecular complexity index is 604. The molecule has 1 aliphatic rings. The van der Waals surface area contributed by atoms with Crippen LogP contribution in [0, 0.1) is 0 Å². The van der Waals surface area contributed by atoms with Gasteiger partial charge in [0.2, 0.25) is 0 Å². The topological polar surface area (TPSA) is 91.1 Å². The van der Waals surface area contributed by atoms with Gasteiger partial charge < -0.3 is 25.1 Å². The summed E-state index contributed by atoms with van der Waals surface area (Å²) in [5, 5.41) is 9.43. The number of hydrogen-bond acceptors (Lipinski definition) is 5. The van der Waals surface area contributed by atoms with E-state index in [4.69, 9.17) is 9.15 Å². The fraction of sp³-hybridized carbons (Fsp3) is 0.700. The summed E-state index contributed by atoms with van der Waals surface area (Å²) in [6.07, 6.45) is 4.57. The van der Waals surface area contributed by atoms with Crippen molar-refractivity contribution in [3.8, 4) is 0 Å². The normalized spacial score (nSPS) is 16.6. The van der Waals surface area contributed by atoms with Crippen LogP contribution < -0.4 is 16.0 Å². The van der Waals surface area contributed by atoms with Gasteiger partial charge in [-0.2, -0.15) is 0 Å². The third-order valence-electron chi connectivity index (χ3n) is 4.45. The minimum atomic E-state index is -0.478. The van der Waals surface area contributed by atoms with Crippen molar-refractivity contribution in [2.45, 2.75) is 51.7 Å². The Balaban J connectivity index is 1.69. The number of nitrogens with one attached hydrogen (secondary N) is 3. The van der Waals surface area contributed by atoms with Gasteiger partial charge in [-0.25, -0.2) is 4.79 Å². The van der Waals surface area contributed by atoms with Gasteiger partial charge in [0.1, 0.15) is 11.4 Å². The molecule has 1 aliphatic heterocycles. The highest BCUT2D eigenvalue weighted by Gasteiger charge is 2.25. The van der Waals surface area contributed by atoms with Gasteiger partial charge in [0.05, 0.1) is 12.3 Å². The van der Waals surface area contributed by atoms with Crippen LogP contribution in [0.1, 0.15) is 51.8 Å². The number of amides is 1. The molecule has 8 heteroatoms. The van der Waals surface area contributed by atoms with E-state index in [2.05, 4.69) is 25.8 Å². The second-order valence-electron chi connectivity index (χ2n) is 7.94. The highest BCUT2D eigenvalue weighted by Crippen LogP contribution is 2.24. The predicted octanol–water partition coefficient (Wildman–Crippen LogP) is 2.50. The third-order valence-corrected chi connectivity index (χ3v) is 4.45. The number of nitrogens with zero attached hydrogens (tertiary/aromatic N) is 2. The molecule has 2 rings (SSSR count). The molecule has 28 heavy (non-hydrogen) atoms. The van der Waals surface area contributed by atoms with E-state index < -0.39 is 5.60 Å². The van der Waals surface area contributed by atoms with Crippen molar-refractivity contribution >= 4 is 12.1 Å². The Labute approximate surface area is 168 Å². The Morgan fingerprint density at radius 2 is 1.96 bits per heavy atom. The van der Waals surface area contributed by atoms with Crippen molar-refractivity contribution in [1.82, 2.24) is 20.9 Å². The first kappa shape index (κ1) is 22.1. The molecule has 8 nitrogen and oxygen atoms in total. The van der Waals surface area contributed by atoms with Gasteiger partial charge >= 0.3 is 6.09 Å². The molecule has 158 valence electrons. The lowest BCUT2D eigenvalue weighted by Gasteiger charge is -2.26. The average molecular weight is 394 g/mol. The summed E-state index contributed by atoms with van der Waals surface area (Å²) in [6.45, 7) is 9.70. The first-order valence-corrected chi connectivity index (χ1v) is 10.1. The summed E-state index contributed by atoms with van der Waals surface area (Å²) in [4.78, 5) is 18.4. The van der Waals surface area contributed by atoms with E-state index in [1.54, 1.807) is 13.3 Å². The smallest absolute Gasteiger partial charge is 0.407 e. The minimum Gasteiger partial charge on any atom is -0.468 e. The maximum absolute atomic E-state index is 11.6. The zero-order chi connectivity index (χ0) is 20.4. The lowest BCUT2D eigenvalue weighted by atomic mass is 10.2. The zero-order valence-corrected chi connectivity index (χ0v) is 17.6. The standard InChI is InChI=1S/C20H35N5O3/c1-20(2,3)28-19(26)23-11-8-10-22-18(21-4)24-15-16(17-9-7-14-27-17)25-12-5-6-13-25/h7,9,14,16H,5-6,8,10-13,15H2,1-4H3,(H,23,26)(H2,21,22,24). The molecule has 0 saturated carbocycles. The van der Waals surface area contributed by atoms with Gasteiger partial charge in [0.25, 0.3) is 0 Å². The molecule has 3 N–H and O–H groups in total. The number of hydrogen-bond donors (Lipinski definition) is 3. The monoisotopic (exact) mass is 393 g/mol. The van der Waals surface area contributed by atoms with Crippen LogP contribution in [-0.4, -0.2) is 62.3 Å². The number of rotatable bonds is 8.